The van der Waals surface area contributed by atoms with Crippen LogP contribution in [0.4, 0.5) is 0 Å². The molecule has 3 aromatic rings. The van der Waals surface area contributed by atoms with Crippen LogP contribution in [-0.4, -0.2) is 33.6 Å². The second kappa shape index (κ2) is 8.33. The molecular formula is C17H18BrN5O2S. The van der Waals surface area contributed by atoms with E-state index in [0.29, 0.717) is 35.2 Å². The molecule has 0 aliphatic rings. The lowest BCUT2D eigenvalue weighted by molar-refractivity contribution is 0.307. The molecule has 0 fully saturated rings. The number of ether oxygens (including phenoxy) is 2. The van der Waals surface area contributed by atoms with E-state index in [1.54, 1.807) is 24.2 Å². The standard InChI is InChI=1S/C17H18BrN5O2S/c1-3-25-15-12(13(18)4-5-14(15)24-2)10-20-23-16(21-22-17(23)26)11-6-8-19-9-7-11/h4-9,20H,3,10H2,1-2H3,(H,22,26). The Morgan fingerprint density at radius 3 is 2.73 bits per heavy atom. The molecule has 0 spiro atoms. The van der Waals surface area contributed by atoms with Gasteiger partial charge in [0.15, 0.2) is 17.3 Å². The number of halogens is 1. The highest BCUT2D eigenvalue weighted by atomic mass is 79.9. The van der Waals surface area contributed by atoms with E-state index in [-0.39, 0.29) is 0 Å². The van der Waals surface area contributed by atoms with Crippen molar-refractivity contribution in [2.24, 2.45) is 0 Å². The predicted octanol–water partition coefficient (Wildman–Crippen LogP) is 3.92. The highest BCUT2D eigenvalue weighted by Gasteiger charge is 2.16. The largest absolute Gasteiger partial charge is 0.493 e. The molecule has 7 nitrogen and oxygen atoms in total. The summed E-state index contributed by atoms with van der Waals surface area (Å²) in [5.41, 5.74) is 5.12. The molecule has 0 amide bonds. The van der Waals surface area contributed by atoms with E-state index in [1.165, 1.54) is 0 Å². The quantitative estimate of drug-likeness (QED) is 0.547. The Kier molecular flexibility index (Phi) is 5.89. The lowest BCUT2D eigenvalue weighted by Gasteiger charge is -2.17. The van der Waals surface area contributed by atoms with E-state index in [2.05, 4.69) is 36.5 Å². The second-order valence-corrected chi connectivity index (χ2v) is 6.49. The number of nitrogens with one attached hydrogen (secondary N) is 2. The van der Waals surface area contributed by atoms with E-state index in [4.69, 9.17) is 21.7 Å². The van der Waals surface area contributed by atoms with Crippen LogP contribution in [0.2, 0.25) is 0 Å². The summed E-state index contributed by atoms with van der Waals surface area (Å²) in [4.78, 5) is 4.03. The first kappa shape index (κ1) is 18.4. The number of nitrogens with zero attached hydrogens (tertiary/aromatic N) is 3. The first-order valence-electron chi connectivity index (χ1n) is 7.95. The van der Waals surface area contributed by atoms with Crippen LogP contribution in [0.5, 0.6) is 11.5 Å². The molecule has 0 bridgehead atoms. The number of pyridine rings is 1. The summed E-state index contributed by atoms with van der Waals surface area (Å²) in [6.45, 7) is 2.93. The van der Waals surface area contributed by atoms with Gasteiger partial charge in [-0.25, -0.2) is 9.77 Å². The number of benzene rings is 1. The first-order valence-corrected chi connectivity index (χ1v) is 9.15. The zero-order chi connectivity index (χ0) is 18.5. The molecule has 0 aliphatic heterocycles. The molecule has 2 heterocycles. The molecule has 0 saturated heterocycles. The van der Waals surface area contributed by atoms with Crippen molar-refractivity contribution in [3.63, 3.8) is 0 Å². The van der Waals surface area contributed by atoms with Crippen LogP contribution in [-0.2, 0) is 6.54 Å². The van der Waals surface area contributed by atoms with E-state index in [1.807, 2.05) is 31.2 Å². The highest BCUT2D eigenvalue weighted by molar-refractivity contribution is 9.10. The average Bonchev–Trinajstić information content (AvgIpc) is 3.03. The van der Waals surface area contributed by atoms with Gasteiger partial charge in [0.05, 0.1) is 20.3 Å². The van der Waals surface area contributed by atoms with Gasteiger partial charge in [0.25, 0.3) is 0 Å². The van der Waals surface area contributed by atoms with E-state index < -0.39 is 0 Å². The zero-order valence-electron chi connectivity index (χ0n) is 14.3. The van der Waals surface area contributed by atoms with E-state index >= 15 is 0 Å². The van der Waals surface area contributed by atoms with Crippen LogP contribution in [0.3, 0.4) is 0 Å². The third-order valence-corrected chi connectivity index (χ3v) is 4.72. The van der Waals surface area contributed by atoms with Gasteiger partial charge in [0, 0.05) is 28.0 Å². The summed E-state index contributed by atoms with van der Waals surface area (Å²) in [6, 6.07) is 7.54. The van der Waals surface area contributed by atoms with Gasteiger partial charge >= 0.3 is 0 Å². The van der Waals surface area contributed by atoms with Crippen molar-refractivity contribution in [3.8, 4) is 22.9 Å². The summed E-state index contributed by atoms with van der Waals surface area (Å²) in [5, 5.41) is 7.12. The van der Waals surface area contributed by atoms with Crippen LogP contribution in [0.15, 0.2) is 41.1 Å². The highest BCUT2D eigenvalue weighted by Crippen LogP contribution is 2.36. The minimum Gasteiger partial charge on any atom is -0.493 e. The number of aromatic amines is 1. The fourth-order valence-electron chi connectivity index (χ4n) is 2.51. The van der Waals surface area contributed by atoms with Crippen molar-refractivity contribution < 1.29 is 9.47 Å². The minimum atomic E-state index is 0.457. The first-order chi connectivity index (χ1) is 12.7. The monoisotopic (exact) mass is 435 g/mol. The predicted molar refractivity (Wildman–Crippen MR) is 106 cm³/mol. The molecule has 0 atom stereocenters. The van der Waals surface area contributed by atoms with Crippen LogP contribution >= 0.6 is 28.1 Å². The molecule has 3 rings (SSSR count). The zero-order valence-corrected chi connectivity index (χ0v) is 16.7. The van der Waals surface area contributed by atoms with Gasteiger partial charge in [-0.15, -0.1) is 0 Å². The third kappa shape index (κ3) is 3.73. The SMILES string of the molecule is CCOc1c(OC)ccc(Br)c1CNn1c(-c2ccncc2)n[nH]c1=S. The molecule has 0 aliphatic carbocycles. The Hall–Kier alpha value is -2.39. The summed E-state index contributed by atoms with van der Waals surface area (Å²) < 4.78 is 14.3. The minimum absolute atomic E-state index is 0.457. The van der Waals surface area contributed by atoms with Crippen molar-refractivity contribution in [2.45, 2.75) is 13.5 Å². The van der Waals surface area contributed by atoms with Crippen molar-refractivity contribution in [3.05, 3.63) is 51.5 Å². The van der Waals surface area contributed by atoms with Gasteiger partial charge in [-0.05, 0) is 43.4 Å². The Morgan fingerprint density at radius 2 is 2.04 bits per heavy atom. The molecule has 2 N–H and O–H groups in total. The van der Waals surface area contributed by atoms with Gasteiger partial charge in [-0.3, -0.25) is 4.98 Å². The molecule has 2 aromatic heterocycles. The number of aromatic nitrogens is 4. The van der Waals surface area contributed by atoms with Crippen molar-refractivity contribution in [1.82, 2.24) is 19.9 Å². The maximum absolute atomic E-state index is 5.79. The maximum atomic E-state index is 5.79. The smallest absolute Gasteiger partial charge is 0.214 e. The number of hydrogen-bond acceptors (Lipinski definition) is 6. The van der Waals surface area contributed by atoms with Crippen molar-refractivity contribution >= 4 is 28.1 Å². The van der Waals surface area contributed by atoms with Gasteiger partial charge in [-0.1, -0.05) is 15.9 Å². The lowest BCUT2D eigenvalue weighted by Crippen LogP contribution is -2.17. The lowest BCUT2D eigenvalue weighted by atomic mass is 10.2. The molecule has 9 heteroatoms. The van der Waals surface area contributed by atoms with Crippen molar-refractivity contribution in [1.29, 1.82) is 0 Å². The van der Waals surface area contributed by atoms with Crippen LogP contribution < -0.4 is 14.9 Å². The van der Waals surface area contributed by atoms with Gasteiger partial charge in [0.1, 0.15) is 0 Å². The van der Waals surface area contributed by atoms with Crippen molar-refractivity contribution in [2.75, 3.05) is 19.1 Å². The molecule has 0 unspecified atom stereocenters. The van der Waals surface area contributed by atoms with Gasteiger partial charge < -0.3 is 14.9 Å². The Labute approximate surface area is 164 Å². The Balaban J connectivity index is 1.94. The van der Waals surface area contributed by atoms with E-state index in [0.717, 1.165) is 15.6 Å². The molecule has 136 valence electrons. The molecule has 0 radical (unpaired) electrons. The topological polar surface area (TPSA) is 77.0 Å². The third-order valence-electron chi connectivity index (χ3n) is 3.70. The number of hydrogen-bond donors (Lipinski definition) is 2. The van der Waals surface area contributed by atoms with Crippen LogP contribution in [0.1, 0.15) is 12.5 Å². The van der Waals surface area contributed by atoms with Crippen LogP contribution in [0, 0.1) is 4.77 Å². The van der Waals surface area contributed by atoms with E-state index in [9.17, 15) is 0 Å². The van der Waals surface area contributed by atoms with Gasteiger partial charge in [0.2, 0.25) is 4.77 Å². The Bertz CT molecular complexity index is 942. The maximum Gasteiger partial charge on any atom is 0.214 e. The number of methoxy groups -OCH3 is 1. The summed E-state index contributed by atoms with van der Waals surface area (Å²) in [7, 11) is 1.62. The summed E-state index contributed by atoms with van der Waals surface area (Å²) >= 11 is 8.94. The van der Waals surface area contributed by atoms with Gasteiger partial charge in [-0.2, -0.15) is 5.10 Å². The normalized spacial score (nSPS) is 10.6. The molecule has 0 saturated carbocycles. The summed E-state index contributed by atoms with van der Waals surface area (Å²) in [5.74, 6) is 2.05. The average molecular weight is 436 g/mol. The number of rotatable bonds is 7. The molecule has 1 aromatic carbocycles. The molecule has 26 heavy (non-hydrogen) atoms. The summed E-state index contributed by atoms with van der Waals surface area (Å²) in [6.07, 6.45) is 3.42. The fourth-order valence-corrected chi connectivity index (χ4v) is 3.16. The second-order valence-electron chi connectivity index (χ2n) is 5.25. The Morgan fingerprint density at radius 1 is 1.27 bits per heavy atom. The molecular weight excluding hydrogens is 418 g/mol. The fraction of sp³-hybridized carbons (Fsp3) is 0.235. The van der Waals surface area contributed by atoms with Crippen LogP contribution in [0.25, 0.3) is 11.4 Å². The number of H-pyrrole nitrogens is 1.